The maximum absolute atomic E-state index is 12.3. The minimum Gasteiger partial charge on any atom is -0.477 e. The van der Waals surface area contributed by atoms with Crippen molar-refractivity contribution in [2.45, 2.75) is 37.5 Å². The largest absolute Gasteiger partial charge is 0.490 e. The highest BCUT2D eigenvalue weighted by Crippen LogP contribution is 2.42. The van der Waals surface area contributed by atoms with Gasteiger partial charge in [0, 0.05) is 30.7 Å². The number of carboxylic acid groups (broad SMARTS) is 1. The van der Waals surface area contributed by atoms with Crippen molar-refractivity contribution in [3.63, 3.8) is 0 Å². The fourth-order valence-corrected chi connectivity index (χ4v) is 3.66. The van der Waals surface area contributed by atoms with Gasteiger partial charge >= 0.3 is 12.1 Å². The Morgan fingerprint density at radius 2 is 1.97 bits per heavy atom. The number of ether oxygens (including phenoxy) is 2. The lowest BCUT2D eigenvalue weighted by molar-refractivity contribution is -0.192. The van der Waals surface area contributed by atoms with Crippen LogP contribution in [0.4, 0.5) is 13.2 Å². The van der Waals surface area contributed by atoms with E-state index in [9.17, 15) is 18.0 Å². The second-order valence-corrected chi connectivity index (χ2v) is 7.50. The van der Waals surface area contributed by atoms with Crippen molar-refractivity contribution >= 4 is 11.9 Å². The van der Waals surface area contributed by atoms with Gasteiger partial charge in [-0.05, 0) is 25.3 Å². The summed E-state index contributed by atoms with van der Waals surface area (Å²) >= 11 is 0. The van der Waals surface area contributed by atoms with Gasteiger partial charge in [-0.25, -0.2) is 9.78 Å². The number of aromatic nitrogens is 1. The first-order valence-corrected chi connectivity index (χ1v) is 9.48. The number of alkyl halides is 3. The van der Waals surface area contributed by atoms with Crippen molar-refractivity contribution in [2.24, 2.45) is 11.8 Å². The molecule has 2 saturated heterocycles. The Bertz CT molecular complexity index is 718. The van der Waals surface area contributed by atoms with Crippen LogP contribution in [-0.2, 0) is 14.3 Å². The average Bonchev–Trinajstić information content (AvgIpc) is 3.01. The minimum atomic E-state index is -5.08. The summed E-state index contributed by atoms with van der Waals surface area (Å²) in [6.07, 6.45) is 0.980. The van der Waals surface area contributed by atoms with Crippen molar-refractivity contribution in [3.05, 3.63) is 24.4 Å². The Morgan fingerprint density at radius 3 is 2.48 bits per heavy atom. The lowest BCUT2D eigenvalue weighted by Gasteiger charge is -2.51. The summed E-state index contributed by atoms with van der Waals surface area (Å²) in [5.74, 6) is -1.14. The van der Waals surface area contributed by atoms with Crippen molar-refractivity contribution < 1.29 is 37.3 Å². The monoisotopic (exact) mass is 416 g/mol. The number of carbonyl (C=O) groups excluding carboxylic acids is 1. The van der Waals surface area contributed by atoms with Gasteiger partial charge < -0.3 is 19.5 Å². The van der Waals surface area contributed by atoms with E-state index < -0.39 is 12.1 Å². The minimum absolute atomic E-state index is 0.172. The molecular formula is C19H23F3N2O5. The summed E-state index contributed by atoms with van der Waals surface area (Å²) in [6, 6.07) is 5.67. The number of halogens is 3. The van der Waals surface area contributed by atoms with Gasteiger partial charge in [0.2, 0.25) is 11.8 Å². The van der Waals surface area contributed by atoms with Crippen LogP contribution in [0.15, 0.2) is 24.4 Å². The standard InChI is InChI=1S/C17H22N2O3.C2HF3O2/c20-16(13-4-3-5-13)19-11-17(12-19)14(7-9-22-17)10-21-15-6-1-2-8-18-15;3-2(4,5)1(6)7/h1-2,6,8,13-14H,3-5,7,9-12H2;(H,6,7). The lowest BCUT2D eigenvalue weighted by atomic mass is 9.78. The van der Waals surface area contributed by atoms with Gasteiger partial charge in [0.1, 0.15) is 5.60 Å². The van der Waals surface area contributed by atoms with Crippen molar-refractivity contribution in [1.29, 1.82) is 0 Å². The maximum atomic E-state index is 12.3. The summed E-state index contributed by atoms with van der Waals surface area (Å²) < 4.78 is 43.5. The third-order valence-electron chi connectivity index (χ3n) is 5.60. The molecule has 3 heterocycles. The number of amides is 1. The van der Waals surface area contributed by atoms with E-state index in [4.69, 9.17) is 19.4 Å². The summed E-state index contributed by atoms with van der Waals surface area (Å²) in [5, 5.41) is 7.12. The molecule has 0 bridgehead atoms. The van der Waals surface area contributed by atoms with Crippen LogP contribution in [0.2, 0.25) is 0 Å². The molecule has 0 radical (unpaired) electrons. The van der Waals surface area contributed by atoms with Crippen molar-refractivity contribution in [3.8, 4) is 5.88 Å². The summed E-state index contributed by atoms with van der Waals surface area (Å²) in [6.45, 7) is 2.85. The maximum Gasteiger partial charge on any atom is 0.490 e. The zero-order valence-corrected chi connectivity index (χ0v) is 15.7. The predicted octanol–water partition coefficient (Wildman–Crippen LogP) is 2.51. The fraction of sp³-hybridized carbons (Fsp3) is 0.632. The molecule has 1 unspecified atom stereocenters. The highest BCUT2D eigenvalue weighted by molar-refractivity contribution is 5.80. The van der Waals surface area contributed by atoms with Crippen LogP contribution in [0, 0.1) is 11.8 Å². The van der Waals surface area contributed by atoms with Crippen LogP contribution >= 0.6 is 0 Å². The quantitative estimate of drug-likeness (QED) is 0.812. The van der Waals surface area contributed by atoms with E-state index in [1.54, 1.807) is 6.20 Å². The van der Waals surface area contributed by atoms with Gasteiger partial charge in [0.15, 0.2) is 0 Å². The molecule has 1 N–H and O–H groups in total. The third-order valence-corrected chi connectivity index (χ3v) is 5.60. The fourth-order valence-electron chi connectivity index (χ4n) is 3.66. The Kier molecular flexibility index (Phi) is 6.30. The molecular weight excluding hydrogens is 393 g/mol. The van der Waals surface area contributed by atoms with Crippen LogP contribution in [0.5, 0.6) is 5.88 Å². The molecule has 3 fully saturated rings. The SMILES string of the molecule is O=C(C1CCC1)N1CC2(C1)OCCC2COc1ccccn1.O=C(O)C(F)(F)F. The molecule has 1 spiro atoms. The van der Waals surface area contributed by atoms with Gasteiger partial charge in [0.05, 0.1) is 19.7 Å². The highest BCUT2D eigenvalue weighted by Gasteiger charge is 2.55. The molecule has 10 heteroatoms. The molecule has 1 amide bonds. The van der Waals surface area contributed by atoms with Crippen LogP contribution in [0.25, 0.3) is 0 Å². The Labute approximate surface area is 165 Å². The molecule has 1 atom stereocenters. The Balaban J connectivity index is 0.000000298. The van der Waals surface area contributed by atoms with E-state index >= 15 is 0 Å². The molecule has 1 aliphatic carbocycles. The van der Waals surface area contributed by atoms with Crippen LogP contribution in [0.1, 0.15) is 25.7 Å². The number of hydrogen-bond acceptors (Lipinski definition) is 5. The molecule has 2 aliphatic heterocycles. The number of rotatable bonds is 4. The molecule has 3 aliphatic rings. The summed E-state index contributed by atoms with van der Waals surface area (Å²) in [4.78, 5) is 27.3. The van der Waals surface area contributed by atoms with Gasteiger partial charge in [-0.2, -0.15) is 13.2 Å². The number of carbonyl (C=O) groups is 2. The van der Waals surface area contributed by atoms with Crippen molar-refractivity contribution in [2.75, 3.05) is 26.3 Å². The first-order valence-electron chi connectivity index (χ1n) is 9.48. The van der Waals surface area contributed by atoms with E-state index in [2.05, 4.69) is 4.98 Å². The molecule has 1 saturated carbocycles. The molecule has 7 nitrogen and oxygen atoms in total. The topological polar surface area (TPSA) is 89.0 Å². The van der Waals surface area contributed by atoms with E-state index in [1.807, 2.05) is 23.1 Å². The average molecular weight is 416 g/mol. The molecule has 4 rings (SSSR count). The normalized spacial score (nSPS) is 22.9. The van der Waals surface area contributed by atoms with Crippen LogP contribution in [-0.4, -0.2) is 64.9 Å². The second-order valence-electron chi connectivity index (χ2n) is 7.50. The van der Waals surface area contributed by atoms with E-state index in [-0.39, 0.29) is 11.5 Å². The number of carboxylic acids is 1. The zero-order chi connectivity index (χ0) is 21.1. The van der Waals surface area contributed by atoms with Crippen LogP contribution < -0.4 is 4.74 Å². The number of hydrogen-bond donors (Lipinski definition) is 1. The zero-order valence-electron chi connectivity index (χ0n) is 15.7. The highest BCUT2D eigenvalue weighted by atomic mass is 19.4. The first kappa shape index (κ1) is 21.4. The van der Waals surface area contributed by atoms with Crippen molar-refractivity contribution in [1.82, 2.24) is 9.88 Å². The third kappa shape index (κ3) is 4.98. The molecule has 29 heavy (non-hydrogen) atoms. The van der Waals surface area contributed by atoms with Gasteiger partial charge in [-0.15, -0.1) is 0 Å². The van der Waals surface area contributed by atoms with Gasteiger partial charge in [0.25, 0.3) is 0 Å². The van der Waals surface area contributed by atoms with E-state index in [0.717, 1.165) is 39.0 Å². The number of nitrogens with zero attached hydrogens (tertiary/aromatic N) is 2. The smallest absolute Gasteiger partial charge is 0.477 e. The number of aliphatic carboxylic acids is 1. The predicted molar refractivity (Wildman–Crippen MR) is 94.1 cm³/mol. The molecule has 1 aromatic heterocycles. The Hall–Kier alpha value is -2.36. The Morgan fingerprint density at radius 1 is 1.28 bits per heavy atom. The summed E-state index contributed by atoms with van der Waals surface area (Å²) in [5.41, 5.74) is -0.172. The van der Waals surface area contributed by atoms with E-state index in [0.29, 0.717) is 24.3 Å². The number of pyridine rings is 1. The molecule has 0 aromatic carbocycles. The number of likely N-dealkylation sites (tertiary alicyclic amines) is 1. The van der Waals surface area contributed by atoms with Gasteiger partial charge in [-0.3, -0.25) is 4.79 Å². The first-order chi connectivity index (χ1) is 13.7. The second kappa shape index (κ2) is 8.56. The lowest BCUT2D eigenvalue weighted by Crippen LogP contribution is -2.67. The van der Waals surface area contributed by atoms with E-state index in [1.165, 1.54) is 6.42 Å². The molecule has 160 valence electrons. The van der Waals surface area contributed by atoms with Gasteiger partial charge in [-0.1, -0.05) is 12.5 Å². The summed E-state index contributed by atoms with van der Waals surface area (Å²) in [7, 11) is 0. The van der Waals surface area contributed by atoms with Crippen LogP contribution in [0.3, 0.4) is 0 Å². The molecule has 1 aromatic rings.